The molecule has 0 saturated heterocycles. The highest BCUT2D eigenvalue weighted by atomic mass is 32.2. The van der Waals surface area contributed by atoms with E-state index >= 15 is 0 Å². The van der Waals surface area contributed by atoms with Gasteiger partial charge in [0.05, 0.1) is 25.5 Å². The number of pyridine rings is 1. The van der Waals surface area contributed by atoms with Gasteiger partial charge in [-0.15, -0.1) is 11.8 Å². The van der Waals surface area contributed by atoms with Crippen LogP contribution in [0.5, 0.6) is 0 Å². The predicted molar refractivity (Wildman–Crippen MR) is 82.2 cm³/mol. The summed E-state index contributed by atoms with van der Waals surface area (Å²) in [5.41, 5.74) is 2.68. The number of benzene rings is 1. The maximum absolute atomic E-state index is 12.2. The Balaban J connectivity index is 1.68. The number of hydrogen-bond donors (Lipinski definition) is 1. The van der Waals surface area contributed by atoms with Gasteiger partial charge in [0.2, 0.25) is 0 Å². The molecule has 108 valence electrons. The number of aromatic nitrogens is 1. The van der Waals surface area contributed by atoms with E-state index in [2.05, 4.69) is 10.3 Å². The average molecular weight is 300 g/mol. The average Bonchev–Trinajstić information content (AvgIpc) is 2.78. The molecule has 1 N–H and O–H groups in total. The van der Waals surface area contributed by atoms with Crippen molar-refractivity contribution in [2.45, 2.75) is 18.0 Å². The number of nitrogens with zero attached hydrogens (tertiary/aromatic N) is 1. The van der Waals surface area contributed by atoms with E-state index in [1.807, 2.05) is 36.4 Å². The van der Waals surface area contributed by atoms with Crippen molar-refractivity contribution in [3.8, 4) is 0 Å². The van der Waals surface area contributed by atoms with Crippen molar-refractivity contribution in [2.75, 3.05) is 12.4 Å². The van der Waals surface area contributed by atoms with Gasteiger partial charge in [-0.2, -0.15) is 0 Å². The molecule has 0 fully saturated rings. The van der Waals surface area contributed by atoms with E-state index in [0.717, 1.165) is 28.5 Å². The van der Waals surface area contributed by atoms with E-state index in [9.17, 15) is 4.79 Å². The number of fused-ring (bicyclic) bond motifs is 1. The van der Waals surface area contributed by atoms with E-state index < -0.39 is 0 Å². The topological polar surface area (TPSA) is 51.2 Å². The van der Waals surface area contributed by atoms with Crippen molar-refractivity contribution >= 4 is 17.7 Å². The fourth-order valence-corrected chi connectivity index (χ4v) is 3.06. The molecule has 2 aromatic rings. The largest absolute Gasteiger partial charge is 0.376 e. The van der Waals surface area contributed by atoms with Gasteiger partial charge in [-0.1, -0.05) is 12.1 Å². The van der Waals surface area contributed by atoms with Gasteiger partial charge in [0.1, 0.15) is 0 Å². The molecule has 1 aliphatic rings. The molecule has 1 aromatic carbocycles. The number of nitrogens with one attached hydrogen (secondary N) is 1. The molecule has 3 rings (SSSR count). The number of carbonyl (C=O) groups excluding carboxylic acids is 1. The van der Waals surface area contributed by atoms with Crippen molar-refractivity contribution < 1.29 is 9.53 Å². The lowest BCUT2D eigenvalue weighted by Crippen LogP contribution is -2.23. The Hall–Kier alpha value is -1.85. The summed E-state index contributed by atoms with van der Waals surface area (Å²) >= 11 is 1.74. The summed E-state index contributed by atoms with van der Waals surface area (Å²) in [4.78, 5) is 17.5. The van der Waals surface area contributed by atoms with Crippen molar-refractivity contribution in [1.82, 2.24) is 10.3 Å². The fourth-order valence-electron chi connectivity index (χ4n) is 2.12. The summed E-state index contributed by atoms with van der Waals surface area (Å²) in [6.45, 7) is 1.81. The molecule has 0 saturated carbocycles. The predicted octanol–water partition coefficient (Wildman–Crippen LogP) is 2.63. The van der Waals surface area contributed by atoms with Crippen LogP contribution in [0.2, 0.25) is 0 Å². The molecule has 0 atom stereocenters. The number of hydrogen-bond acceptors (Lipinski definition) is 4. The van der Waals surface area contributed by atoms with Gasteiger partial charge in [-0.3, -0.25) is 9.78 Å². The Bertz CT molecular complexity index is 631. The molecule has 1 aliphatic heterocycles. The Labute approximate surface area is 127 Å². The van der Waals surface area contributed by atoms with Crippen LogP contribution in [0.1, 0.15) is 21.6 Å². The van der Waals surface area contributed by atoms with Gasteiger partial charge in [-0.05, 0) is 29.8 Å². The molecule has 1 aromatic heterocycles. The standard InChI is InChI=1S/C16H16N2O2S/c19-16(18-10-14-3-1-2-6-17-14)12-4-5-13-11-20-7-8-21-15(13)9-12/h1-6,9H,7-8,10-11H2,(H,18,19). The summed E-state index contributed by atoms with van der Waals surface area (Å²) in [7, 11) is 0. The Kier molecular flexibility index (Phi) is 4.52. The molecule has 2 heterocycles. The Morgan fingerprint density at radius 3 is 3.14 bits per heavy atom. The fraction of sp³-hybridized carbons (Fsp3) is 0.250. The molecule has 1 amide bonds. The van der Waals surface area contributed by atoms with Gasteiger partial charge in [0.15, 0.2) is 0 Å². The molecule has 0 unspecified atom stereocenters. The van der Waals surface area contributed by atoms with Crippen molar-refractivity contribution in [1.29, 1.82) is 0 Å². The number of rotatable bonds is 3. The zero-order valence-electron chi connectivity index (χ0n) is 11.5. The second-order valence-corrected chi connectivity index (χ2v) is 5.86. The minimum Gasteiger partial charge on any atom is -0.376 e. The first kappa shape index (κ1) is 14.1. The molecule has 0 bridgehead atoms. The van der Waals surface area contributed by atoms with Crippen molar-refractivity contribution in [2.24, 2.45) is 0 Å². The lowest BCUT2D eigenvalue weighted by molar-refractivity contribution is 0.0950. The van der Waals surface area contributed by atoms with Gasteiger partial charge in [-0.25, -0.2) is 0 Å². The first-order valence-corrected chi connectivity index (χ1v) is 7.83. The molecular weight excluding hydrogens is 284 g/mol. The summed E-state index contributed by atoms with van der Waals surface area (Å²) in [6, 6.07) is 11.4. The van der Waals surface area contributed by atoms with Gasteiger partial charge >= 0.3 is 0 Å². The van der Waals surface area contributed by atoms with E-state index in [0.29, 0.717) is 18.7 Å². The van der Waals surface area contributed by atoms with Crippen LogP contribution in [-0.4, -0.2) is 23.3 Å². The first-order valence-electron chi connectivity index (χ1n) is 6.84. The van der Waals surface area contributed by atoms with Gasteiger partial charge in [0.25, 0.3) is 5.91 Å². The van der Waals surface area contributed by atoms with Crippen LogP contribution >= 0.6 is 11.8 Å². The monoisotopic (exact) mass is 300 g/mol. The molecular formula is C16H16N2O2S. The minimum atomic E-state index is -0.0748. The maximum Gasteiger partial charge on any atom is 0.251 e. The van der Waals surface area contributed by atoms with E-state index in [4.69, 9.17) is 4.74 Å². The third-order valence-corrected chi connectivity index (χ3v) is 4.29. The quantitative estimate of drug-likeness (QED) is 0.947. The van der Waals surface area contributed by atoms with Crippen LogP contribution in [0.3, 0.4) is 0 Å². The van der Waals surface area contributed by atoms with Crippen LogP contribution in [0.4, 0.5) is 0 Å². The van der Waals surface area contributed by atoms with E-state index in [1.54, 1.807) is 18.0 Å². The first-order chi connectivity index (χ1) is 10.3. The van der Waals surface area contributed by atoms with Gasteiger partial charge in [0, 0.05) is 22.4 Å². The number of thioether (sulfide) groups is 1. The molecule has 21 heavy (non-hydrogen) atoms. The lowest BCUT2D eigenvalue weighted by Gasteiger charge is -2.08. The second-order valence-electron chi connectivity index (χ2n) is 4.73. The van der Waals surface area contributed by atoms with Crippen LogP contribution in [0.25, 0.3) is 0 Å². The molecule has 0 radical (unpaired) electrons. The molecule has 4 nitrogen and oxygen atoms in total. The summed E-state index contributed by atoms with van der Waals surface area (Å²) in [5.74, 6) is 0.848. The van der Waals surface area contributed by atoms with Crippen LogP contribution in [0.15, 0.2) is 47.5 Å². The zero-order valence-corrected chi connectivity index (χ0v) is 12.4. The van der Waals surface area contributed by atoms with E-state index in [1.165, 1.54) is 0 Å². The summed E-state index contributed by atoms with van der Waals surface area (Å²) in [5, 5.41) is 2.90. The minimum absolute atomic E-state index is 0.0748. The number of ether oxygens (including phenoxy) is 1. The molecule has 0 spiro atoms. The van der Waals surface area contributed by atoms with Crippen LogP contribution < -0.4 is 5.32 Å². The highest BCUT2D eigenvalue weighted by Crippen LogP contribution is 2.27. The highest BCUT2D eigenvalue weighted by molar-refractivity contribution is 7.99. The van der Waals surface area contributed by atoms with Crippen molar-refractivity contribution in [3.05, 3.63) is 59.4 Å². The van der Waals surface area contributed by atoms with Crippen LogP contribution in [0, 0.1) is 0 Å². The number of carbonyl (C=O) groups is 1. The number of amides is 1. The summed E-state index contributed by atoms with van der Waals surface area (Å²) in [6.07, 6.45) is 1.72. The summed E-state index contributed by atoms with van der Waals surface area (Å²) < 4.78 is 5.50. The Morgan fingerprint density at radius 2 is 2.29 bits per heavy atom. The maximum atomic E-state index is 12.2. The van der Waals surface area contributed by atoms with Crippen molar-refractivity contribution in [3.63, 3.8) is 0 Å². The second kappa shape index (κ2) is 6.74. The smallest absolute Gasteiger partial charge is 0.251 e. The van der Waals surface area contributed by atoms with Crippen LogP contribution in [-0.2, 0) is 17.9 Å². The Morgan fingerprint density at radius 1 is 1.33 bits per heavy atom. The molecule has 0 aliphatic carbocycles. The van der Waals surface area contributed by atoms with E-state index in [-0.39, 0.29) is 5.91 Å². The lowest BCUT2D eigenvalue weighted by atomic mass is 10.1. The zero-order chi connectivity index (χ0) is 14.5. The SMILES string of the molecule is O=C(NCc1ccccn1)c1ccc2c(c1)SCCOC2. The molecule has 5 heteroatoms. The van der Waals surface area contributed by atoms with Gasteiger partial charge < -0.3 is 10.1 Å². The third-order valence-electron chi connectivity index (χ3n) is 3.23. The third kappa shape index (κ3) is 3.62. The highest BCUT2D eigenvalue weighted by Gasteiger charge is 2.12. The normalized spacial score (nSPS) is 14.1.